The highest BCUT2D eigenvalue weighted by Gasteiger charge is 2.14. The second kappa shape index (κ2) is 8.47. The quantitative estimate of drug-likeness (QED) is 0.703. The van der Waals surface area contributed by atoms with Crippen LogP contribution in [0, 0.1) is 0 Å². The number of benzene rings is 2. The van der Waals surface area contributed by atoms with E-state index in [1.165, 1.54) is 12.1 Å². The van der Waals surface area contributed by atoms with Crippen LogP contribution in [0.4, 0.5) is 5.69 Å². The first-order chi connectivity index (χ1) is 11.5. The van der Waals surface area contributed by atoms with Gasteiger partial charge >= 0.3 is 5.97 Å². The predicted octanol–water partition coefficient (Wildman–Crippen LogP) is 3.42. The number of amides is 1. The average molecular weight is 394 g/mol. The summed E-state index contributed by atoms with van der Waals surface area (Å²) in [6, 6.07) is 11.2. The molecule has 0 aliphatic rings. The van der Waals surface area contributed by atoms with E-state index in [9.17, 15) is 14.7 Å². The van der Waals surface area contributed by atoms with Crippen molar-refractivity contribution in [3.05, 3.63) is 58.1 Å². The Kier molecular flexibility index (Phi) is 6.34. The fraction of sp³-hybridized carbons (Fsp3) is 0.176. The smallest absolute Gasteiger partial charge is 0.337 e. The van der Waals surface area contributed by atoms with Gasteiger partial charge in [0.2, 0.25) is 0 Å². The van der Waals surface area contributed by atoms with Gasteiger partial charge in [0, 0.05) is 17.1 Å². The molecule has 24 heavy (non-hydrogen) atoms. The highest BCUT2D eigenvalue weighted by molar-refractivity contribution is 9.10. The van der Waals surface area contributed by atoms with Crippen LogP contribution in [0.2, 0.25) is 0 Å². The average Bonchev–Trinajstić information content (AvgIpc) is 2.57. The largest absolute Gasteiger partial charge is 0.491 e. The highest BCUT2D eigenvalue weighted by atomic mass is 79.9. The summed E-state index contributed by atoms with van der Waals surface area (Å²) in [4.78, 5) is 23.5. The van der Waals surface area contributed by atoms with Crippen LogP contribution in [-0.4, -0.2) is 37.3 Å². The predicted molar refractivity (Wildman–Crippen MR) is 92.9 cm³/mol. The van der Waals surface area contributed by atoms with E-state index in [2.05, 4.69) is 21.2 Å². The Balaban J connectivity index is 2.09. The Morgan fingerprint density at radius 2 is 1.83 bits per heavy atom. The van der Waals surface area contributed by atoms with Crippen LogP contribution in [-0.2, 0) is 4.74 Å². The molecular weight excluding hydrogens is 378 g/mol. The second-order valence-electron chi connectivity index (χ2n) is 4.81. The van der Waals surface area contributed by atoms with E-state index in [-0.39, 0.29) is 11.3 Å². The summed E-state index contributed by atoms with van der Waals surface area (Å²) in [5.74, 6) is -0.893. The van der Waals surface area contributed by atoms with Gasteiger partial charge in [0.05, 0.1) is 17.9 Å². The van der Waals surface area contributed by atoms with E-state index in [0.717, 1.165) is 0 Å². The van der Waals surface area contributed by atoms with E-state index in [1.807, 2.05) is 0 Å². The minimum atomic E-state index is -1.12. The molecule has 0 atom stereocenters. The SMILES string of the molecule is COCCOc1ccc(C(=O)Nc2ccc(Br)cc2C(=O)O)cc1. The van der Waals surface area contributed by atoms with Crippen LogP contribution in [0.25, 0.3) is 0 Å². The van der Waals surface area contributed by atoms with Crippen LogP contribution in [0.3, 0.4) is 0 Å². The molecule has 2 aromatic carbocycles. The molecule has 2 N–H and O–H groups in total. The Bertz CT molecular complexity index is 730. The highest BCUT2D eigenvalue weighted by Crippen LogP contribution is 2.22. The van der Waals surface area contributed by atoms with E-state index >= 15 is 0 Å². The summed E-state index contributed by atoms with van der Waals surface area (Å²) >= 11 is 3.21. The molecule has 2 aromatic rings. The van der Waals surface area contributed by atoms with Crippen molar-refractivity contribution in [2.24, 2.45) is 0 Å². The van der Waals surface area contributed by atoms with Crippen molar-refractivity contribution in [1.82, 2.24) is 0 Å². The molecule has 7 heteroatoms. The van der Waals surface area contributed by atoms with Gasteiger partial charge in [-0.15, -0.1) is 0 Å². The maximum absolute atomic E-state index is 12.3. The fourth-order valence-corrected chi connectivity index (χ4v) is 2.30. The van der Waals surface area contributed by atoms with Gasteiger partial charge in [-0.2, -0.15) is 0 Å². The van der Waals surface area contributed by atoms with E-state index < -0.39 is 11.9 Å². The van der Waals surface area contributed by atoms with E-state index in [1.54, 1.807) is 37.4 Å². The van der Waals surface area contributed by atoms with Crippen molar-refractivity contribution in [1.29, 1.82) is 0 Å². The number of carboxylic acids is 1. The third-order valence-electron chi connectivity index (χ3n) is 3.13. The van der Waals surface area contributed by atoms with Crippen molar-refractivity contribution < 1.29 is 24.2 Å². The third kappa shape index (κ3) is 4.81. The molecule has 0 radical (unpaired) electrons. The summed E-state index contributed by atoms with van der Waals surface area (Å²) in [6.07, 6.45) is 0. The van der Waals surface area contributed by atoms with Crippen molar-refractivity contribution in [2.45, 2.75) is 0 Å². The number of methoxy groups -OCH3 is 1. The minimum absolute atomic E-state index is 0.0113. The molecule has 0 heterocycles. The molecule has 0 aromatic heterocycles. The zero-order chi connectivity index (χ0) is 17.5. The lowest BCUT2D eigenvalue weighted by Gasteiger charge is -2.10. The number of halogens is 1. The topological polar surface area (TPSA) is 84.9 Å². The van der Waals surface area contributed by atoms with E-state index in [4.69, 9.17) is 9.47 Å². The van der Waals surface area contributed by atoms with Gasteiger partial charge in [-0.3, -0.25) is 4.79 Å². The lowest BCUT2D eigenvalue weighted by Crippen LogP contribution is -2.15. The first-order valence-electron chi connectivity index (χ1n) is 7.07. The van der Waals surface area contributed by atoms with Gasteiger partial charge in [-0.1, -0.05) is 15.9 Å². The lowest BCUT2D eigenvalue weighted by atomic mass is 10.1. The molecule has 126 valence electrons. The first kappa shape index (κ1) is 18.0. The number of carbonyl (C=O) groups is 2. The van der Waals surface area contributed by atoms with Gasteiger partial charge in [0.15, 0.2) is 0 Å². The standard InChI is InChI=1S/C17H16BrNO5/c1-23-8-9-24-13-5-2-11(3-6-13)16(20)19-15-7-4-12(18)10-14(15)17(21)22/h2-7,10H,8-9H2,1H3,(H,19,20)(H,21,22). The number of anilines is 1. The number of carbonyl (C=O) groups excluding carboxylic acids is 1. The molecular formula is C17H16BrNO5. The van der Waals surface area contributed by atoms with Crippen LogP contribution in [0.5, 0.6) is 5.75 Å². The number of hydrogen-bond acceptors (Lipinski definition) is 4. The number of ether oxygens (including phenoxy) is 2. The Hall–Kier alpha value is -2.38. The molecule has 2 rings (SSSR count). The fourth-order valence-electron chi connectivity index (χ4n) is 1.94. The number of hydrogen-bond donors (Lipinski definition) is 2. The molecule has 0 unspecified atom stereocenters. The van der Waals surface area contributed by atoms with Gasteiger partial charge in [0.25, 0.3) is 5.91 Å². The van der Waals surface area contributed by atoms with E-state index in [0.29, 0.717) is 29.0 Å². The van der Waals surface area contributed by atoms with Crippen molar-refractivity contribution in [2.75, 3.05) is 25.6 Å². The second-order valence-corrected chi connectivity index (χ2v) is 5.73. The number of rotatable bonds is 7. The molecule has 0 spiro atoms. The first-order valence-corrected chi connectivity index (χ1v) is 7.86. The maximum Gasteiger partial charge on any atom is 0.337 e. The van der Waals surface area contributed by atoms with Crippen molar-refractivity contribution in [3.8, 4) is 5.75 Å². The Morgan fingerprint density at radius 1 is 1.12 bits per heavy atom. The zero-order valence-electron chi connectivity index (χ0n) is 12.9. The van der Waals surface area contributed by atoms with Crippen molar-refractivity contribution >= 4 is 33.5 Å². The molecule has 0 saturated heterocycles. The molecule has 0 saturated carbocycles. The number of carboxylic acid groups (broad SMARTS) is 1. The molecule has 0 aliphatic heterocycles. The van der Waals surface area contributed by atoms with Crippen molar-refractivity contribution in [3.63, 3.8) is 0 Å². The Labute approximate surface area is 147 Å². The Morgan fingerprint density at radius 3 is 2.46 bits per heavy atom. The van der Waals surface area contributed by atoms with Gasteiger partial charge < -0.3 is 19.9 Å². The molecule has 1 amide bonds. The van der Waals surface area contributed by atoms with Crippen LogP contribution >= 0.6 is 15.9 Å². The zero-order valence-corrected chi connectivity index (χ0v) is 14.5. The number of aromatic carboxylic acids is 1. The minimum Gasteiger partial charge on any atom is -0.491 e. The maximum atomic E-state index is 12.3. The number of nitrogens with one attached hydrogen (secondary N) is 1. The summed E-state index contributed by atoms with van der Waals surface area (Å²) in [7, 11) is 1.59. The molecule has 0 aliphatic carbocycles. The van der Waals surface area contributed by atoms with Gasteiger partial charge in [-0.05, 0) is 42.5 Å². The lowest BCUT2D eigenvalue weighted by molar-refractivity contribution is 0.0698. The summed E-state index contributed by atoms with van der Waals surface area (Å²) in [5.41, 5.74) is 0.640. The van der Waals surface area contributed by atoms with Gasteiger partial charge in [0.1, 0.15) is 12.4 Å². The van der Waals surface area contributed by atoms with Crippen LogP contribution in [0.15, 0.2) is 46.9 Å². The molecule has 0 bridgehead atoms. The summed E-state index contributed by atoms with van der Waals surface area (Å²) < 4.78 is 10.9. The summed E-state index contributed by atoms with van der Waals surface area (Å²) in [5, 5.41) is 11.8. The molecule has 6 nitrogen and oxygen atoms in total. The van der Waals surface area contributed by atoms with Crippen LogP contribution < -0.4 is 10.1 Å². The normalized spacial score (nSPS) is 10.2. The third-order valence-corrected chi connectivity index (χ3v) is 3.63. The molecule has 0 fully saturated rings. The monoisotopic (exact) mass is 393 g/mol. The van der Waals surface area contributed by atoms with Crippen LogP contribution in [0.1, 0.15) is 20.7 Å². The van der Waals surface area contributed by atoms with Gasteiger partial charge in [-0.25, -0.2) is 4.79 Å². The summed E-state index contributed by atoms with van der Waals surface area (Å²) in [6.45, 7) is 0.896.